The lowest BCUT2D eigenvalue weighted by molar-refractivity contribution is -0.665. The van der Waals surface area contributed by atoms with Gasteiger partial charge in [-0.05, 0) is 156 Å². The maximum atomic E-state index is 8.43. The van der Waals surface area contributed by atoms with Gasteiger partial charge in [0.05, 0.1) is 70.1 Å². The highest BCUT2D eigenvalue weighted by Crippen LogP contribution is 2.37. The summed E-state index contributed by atoms with van der Waals surface area (Å²) >= 11 is 0. The molecule has 0 aliphatic rings. The van der Waals surface area contributed by atoms with E-state index in [1.165, 1.54) is 33.6 Å². The van der Waals surface area contributed by atoms with Crippen LogP contribution in [0.4, 0.5) is 22.7 Å². The van der Waals surface area contributed by atoms with E-state index in [4.69, 9.17) is 29.0 Å². The van der Waals surface area contributed by atoms with Gasteiger partial charge in [0.2, 0.25) is 22.8 Å². The van der Waals surface area contributed by atoms with Gasteiger partial charge in [0.25, 0.3) is 0 Å². The van der Waals surface area contributed by atoms with Crippen LogP contribution in [-0.4, -0.2) is 15.0 Å². The van der Waals surface area contributed by atoms with Crippen LogP contribution in [0.25, 0.3) is 119 Å². The van der Waals surface area contributed by atoms with Crippen LogP contribution in [0.1, 0.15) is 72.9 Å². The van der Waals surface area contributed by atoms with Crippen molar-refractivity contribution in [2.24, 2.45) is 28.2 Å². The summed E-state index contributed by atoms with van der Waals surface area (Å²) in [7, 11) is 8.14. The fourth-order valence-electron chi connectivity index (χ4n) is 12.0. The number of benzene rings is 6. The summed E-state index contributed by atoms with van der Waals surface area (Å²) < 4.78 is 25.3. The number of fused-ring (bicyclic) bond motifs is 4. The molecule has 454 valence electrons. The van der Waals surface area contributed by atoms with Crippen molar-refractivity contribution in [2.75, 3.05) is 0 Å². The van der Waals surface area contributed by atoms with Gasteiger partial charge < -0.3 is 0 Å². The normalized spacial score (nSPS) is 11.2. The molecule has 7 aromatic heterocycles. The minimum Gasteiger partial charge on any atom is -0.264 e. The number of nitrogens with zero attached hydrogens (tertiary/aromatic N) is 11. The van der Waals surface area contributed by atoms with Gasteiger partial charge in [0.1, 0.15) is 29.6 Å². The fourth-order valence-corrected chi connectivity index (χ4v) is 12.0. The van der Waals surface area contributed by atoms with Crippen LogP contribution < -0.4 is 18.3 Å². The molecule has 0 saturated heterocycles. The number of hydrogen-bond donors (Lipinski definition) is 0. The lowest BCUT2D eigenvalue weighted by atomic mass is 9.91. The minimum atomic E-state index is -0.697. The van der Waals surface area contributed by atoms with Gasteiger partial charge in [0.15, 0.2) is 46.0 Å². The largest absolute Gasteiger partial charge is 0.264 e. The highest BCUT2D eigenvalue weighted by atomic mass is 15.0. The SMILES string of the molecule is [2H]c1cc2cc([N+]#[C-])ccc2c(-c2cc(C([2H])(C)C)cc(C)c2C)[n+]1C.[C-]#[N+]c1ccc2c(-c3cc(-c4cccnc4)ccc3C)[n+](C)c(C)cc2c1.[C-]#[N+]c1ccc2c(-c3ccncc3C)[n+](C)c(C)cc2c1.[C-]#[N+]c1ccc2c(-c3cnccc3C)[n+](C)c(C)cc2c1. The second-order valence-electron chi connectivity index (χ2n) is 23.9. The van der Waals surface area contributed by atoms with Crippen LogP contribution in [0.2, 0.25) is 0 Å². The van der Waals surface area contributed by atoms with Crippen LogP contribution in [0.15, 0.2) is 195 Å². The first-order chi connectivity index (χ1) is 45.4. The lowest BCUT2D eigenvalue weighted by Crippen LogP contribution is -2.35. The van der Waals surface area contributed by atoms with Gasteiger partial charge in [-0.2, -0.15) is 13.7 Å². The molecule has 0 spiro atoms. The average Bonchev–Trinajstić information content (AvgIpc) is 0.791. The summed E-state index contributed by atoms with van der Waals surface area (Å²) in [4.78, 5) is 26.8. The summed E-state index contributed by atoms with van der Waals surface area (Å²) in [5.41, 5.74) is 24.1. The summed E-state index contributed by atoms with van der Waals surface area (Å²) in [5, 5.41) is 8.66. The van der Waals surface area contributed by atoms with E-state index >= 15 is 0 Å². The lowest BCUT2D eigenvalue weighted by Gasteiger charge is -2.14. The first-order valence-electron chi connectivity index (χ1n) is 31.6. The Morgan fingerprint density at radius 1 is 0.387 bits per heavy atom. The van der Waals surface area contributed by atoms with Crippen molar-refractivity contribution >= 4 is 65.8 Å². The van der Waals surface area contributed by atoms with E-state index in [2.05, 4.69) is 185 Å². The highest BCUT2D eigenvalue weighted by Gasteiger charge is 2.25. The van der Waals surface area contributed by atoms with Crippen LogP contribution in [0.3, 0.4) is 0 Å². The average molecular weight is 1220 g/mol. The first kappa shape index (κ1) is 61.6. The molecule has 0 aliphatic heterocycles. The molecule has 0 fully saturated rings. The molecule has 0 unspecified atom stereocenters. The molecule has 0 radical (unpaired) electrons. The monoisotopic (exact) mass is 1220 g/mol. The van der Waals surface area contributed by atoms with Gasteiger partial charge in [-0.25, -0.2) is 23.9 Å². The van der Waals surface area contributed by atoms with Gasteiger partial charge in [-0.15, -0.1) is 0 Å². The first-order valence-corrected chi connectivity index (χ1v) is 30.6. The Bertz CT molecular complexity index is 5240. The highest BCUT2D eigenvalue weighted by molar-refractivity contribution is 5.99. The molecular weight excluding hydrogens is 1140 g/mol. The molecule has 0 aliphatic carbocycles. The molecule has 7 heterocycles. The molecule has 13 aromatic rings. The van der Waals surface area contributed by atoms with Gasteiger partial charge in [-0.3, -0.25) is 15.0 Å². The summed E-state index contributed by atoms with van der Waals surface area (Å²) in [6.45, 7) is 49.4. The van der Waals surface area contributed by atoms with E-state index in [0.29, 0.717) is 28.9 Å². The molecule has 6 aromatic carbocycles. The van der Waals surface area contributed by atoms with Crippen molar-refractivity contribution < 1.29 is 21.0 Å². The van der Waals surface area contributed by atoms with E-state index in [0.717, 1.165) is 116 Å². The quantitative estimate of drug-likeness (QED) is 0.123. The molecule has 0 N–H and O–H groups in total. The van der Waals surface area contributed by atoms with Crippen molar-refractivity contribution in [1.29, 1.82) is 0 Å². The maximum Gasteiger partial charge on any atom is 0.222 e. The number of rotatable bonds is 6. The van der Waals surface area contributed by atoms with Gasteiger partial charge >= 0.3 is 0 Å². The Morgan fingerprint density at radius 2 is 0.849 bits per heavy atom. The Labute approximate surface area is 549 Å². The number of hydrogen-bond acceptors (Lipinski definition) is 3. The van der Waals surface area contributed by atoms with Crippen molar-refractivity contribution in [1.82, 2.24) is 15.0 Å². The summed E-state index contributed by atoms with van der Waals surface area (Å²) in [6, 6.07) is 50.3. The summed E-state index contributed by atoms with van der Waals surface area (Å²) in [6.07, 6.45) is 11.5. The summed E-state index contributed by atoms with van der Waals surface area (Å²) in [5.74, 6) is -0.697. The third-order valence-electron chi connectivity index (χ3n) is 17.7. The number of pyridine rings is 7. The van der Waals surface area contributed by atoms with E-state index in [-0.39, 0.29) is 0 Å². The number of aromatic nitrogens is 7. The fraction of sp³-hybridized carbons (Fsp3) is 0.183. The van der Waals surface area contributed by atoms with E-state index < -0.39 is 5.89 Å². The second-order valence-corrected chi connectivity index (χ2v) is 23.9. The third-order valence-corrected chi connectivity index (χ3v) is 17.7. The molecule has 0 amide bonds. The molecule has 93 heavy (non-hydrogen) atoms. The minimum absolute atomic E-state index is 0.391. The predicted octanol–water partition coefficient (Wildman–Crippen LogP) is 19.0. The molecule has 11 heteroatoms. The van der Waals surface area contributed by atoms with Crippen LogP contribution >= 0.6 is 0 Å². The molecular formula is C82H75N11+4. The molecule has 0 atom stereocenters. The van der Waals surface area contributed by atoms with E-state index in [1.54, 1.807) is 12.3 Å². The number of aryl methyl sites for hydroxylation is 7. The standard InChI is InChI=1S/C24H20N3.C22H23N2.2C18H16N3/c1-16-7-8-18(19-6-5-11-26-15-19)14-23(16)24-22-10-9-21(25-3)13-20(22)12-17(2)27(24)4;1-14(2)18-11-15(3)16(4)21(13-18)22-20-8-7-19(23-5)12-17(20)9-10-24(22)6;1-12-11-20-8-7-16(12)18-17-6-5-15(19-3)10-14(17)9-13(2)21(18)4;1-12-7-8-20-11-17(12)18-16-6-5-15(19-3)10-14(16)9-13(2)21(18)4/h5-15H,1-2,4H3;7-14H,1-4,6H3;2*5-11H,1-2,4H3/q4*+1/i;10D,14D;;. The maximum absolute atomic E-state index is 8.43. The topological polar surface area (TPSA) is 71.6 Å². The Morgan fingerprint density at radius 3 is 1.33 bits per heavy atom. The Kier molecular flexibility index (Phi) is 18.3. The van der Waals surface area contributed by atoms with Crippen molar-refractivity contribution in [3.05, 3.63) is 291 Å². The van der Waals surface area contributed by atoms with Crippen LogP contribution in [0.5, 0.6) is 0 Å². The zero-order chi connectivity index (χ0) is 68.2. The molecule has 13 rings (SSSR count). The van der Waals surface area contributed by atoms with Crippen molar-refractivity contribution in [3.63, 3.8) is 0 Å². The van der Waals surface area contributed by atoms with Gasteiger partial charge in [-0.1, -0.05) is 86.6 Å². The Hall–Kier alpha value is -11.6. The van der Waals surface area contributed by atoms with Crippen LogP contribution in [0, 0.1) is 81.7 Å². The second kappa shape index (κ2) is 27.6. The zero-order valence-corrected chi connectivity index (χ0v) is 55.3. The van der Waals surface area contributed by atoms with Crippen molar-refractivity contribution in [3.8, 4) is 56.2 Å². The third kappa shape index (κ3) is 13.3. The van der Waals surface area contributed by atoms with Crippen LogP contribution in [-0.2, 0) is 28.2 Å². The Balaban J connectivity index is 0.000000139. The molecule has 0 bridgehead atoms. The predicted molar refractivity (Wildman–Crippen MR) is 378 cm³/mol. The molecule has 11 nitrogen and oxygen atoms in total. The smallest absolute Gasteiger partial charge is 0.222 e. The van der Waals surface area contributed by atoms with Crippen molar-refractivity contribution in [2.45, 2.75) is 75.1 Å². The zero-order valence-electron chi connectivity index (χ0n) is 57.3. The molecule has 0 saturated carbocycles. The van der Waals surface area contributed by atoms with E-state index in [1.807, 2.05) is 141 Å². The van der Waals surface area contributed by atoms with Gasteiger partial charge in [0, 0.05) is 89.2 Å². The van der Waals surface area contributed by atoms with E-state index in [9.17, 15) is 0 Å².